The first-order valence-electron chi connectivity index (χ1n) is 13.2. The third-order valence-electron chi connectivity index (χ3n) is 7.43. The average molecular weight is 491 g/mol. The van der Waals surface area contributed by atoms with Crippen molar-refractivity contribution in [3.63, 3.8) is 0 Å². The second kappa shape index (κ2) is 13.3. The lowest BCUT2D eigenvalue weighted by Gasteiger charge is -2.46. The molecular weight excluding hydrogens is 448 g/mol. The van der Waals surface area contributed by atoms with Gasteiger partial charge >= 0.3 is 0 Å². The molecule has 190 valence electrons. The Morgan fingerprint density at radius 3 is 2.35 bits per heavy atom. The van der Waals surface area contributed by atoms with Crippen LogP contribution in [0.3, 0.4) is 0 Å². The van der Waals surface area contributed by atoms with Crippen molar-refractivity contribution in [2.45, 2.75) is 103 Å². The highest BCUT2D eigenvalue weighted by Gasteiger charge is 2.33. The first-order valence-corrected chi connectivity index (χ1v) is 13.5. The molecule has 0 aromatic carbocycles. The quantitative estimate of drug-likeness (QED) is 0.522. The number of halogens is 1. The van der Waals surface area contributed by atoms with Crippen molar-refractivity contribution in [2.24, 2.45) is 0 Å². The lowest BCUT2D eigenvalue weighted by atomic mass is 9.86. The molecule has 3 aliphatic rings. The number of nitrogens with zero attached hydrogens (tertiary/aromatic N) is 3. The molecule has 0 amide bonds. The van der Waals surface area contributed by atoms with Gasteiger partial charge in [-0.25, -0.2) is 4.68 Å². The van der Waals surface area contributed by atoms with Gasteiger partial charge < -0.3 is 15.0 Å². The maximum Gasteiger partial charge on any atom is 0.287 e. The lowest BCUT2D eigenvalue weighted by Crippen LogP contribution is -2.45. The molecular formula is C27H43ClN4O2. The van der Waals surface area contributed by atoms with Crippen molar-refractivity contribution in [1.82, 2.24) is 14.7 Å². The molecule has 1 aromatic heterocycles. The topological polar surface area (TPSA) is 59.4 Å². The summed E-state index contributed by atoms with van der Waals surface area (Å²) >= 11 is 6.22. The molecule has 1 aromatic rings. The molecule has 2 aliphatic heterocycles. The fraction of sp³-hybridized carbons (Fsp3) is 0.704. The second-order valence-corrected chi connectivity index (χ2v) is 10.0. The fourth-order valence-electron chi connectivity index (χ4n) is 5.49. The van der Waals surface area contributed by atoms with Crippen LogP contribution in [0.15, 0.2) is 34.4 Å². The summed E-state index contributed by atoms with van der Waals surface area (Å²) in [5.41, 5.74) is 3.41. The van der Waals surface area contributed by atoms with Crippen LogP contribution in [0.4, 0.5) is 5.69 Å². The van der Waals surface area contributed by atoms with E-state index in [2.05, 4.69) is 48.2 Å². The van der Waals surface area contributed by atoms with Gasteiger partial charge in [-0.15, -0.1) is 0 Å². The molecule has 1 unspecified atom stereocenters. The van der Waals surface area contributed by atoms with Gasteiger partial charge in [-0.1, -0.05) is 24.6 Å². The van der Waals surface area contributed by atoms with Crippen LogP contribution < -0.4 is 10.9 Å². The Labute approximate surface area is 210 Å². The highest BCUT2D eigenvalue weighted by Crippen LogP contribution is 2.38. The van der Waals surface area contributed by atoms with Crippen LogP contribution in [-0.4, -0.2) is 47.0 Å². The van der Waals surface area contributed by atoms with E-state index in [9.17, 15) is 4.79 Å². The molecule has 1 aliphatic carbocycles. The van der Waals surface area contributed by atoms with Gasteiger partial charge in [0.2, 0.25) is 0 Å². The number of nitrogens with one attached hydrogen (secondary N) is 1. The van der Waals surface area contributed by atoms with Gasteiger partial charge in [-0.05, 0) is 89.7 Å². The van der Waals surface area contributed by atoms with E-state index in [0.29, 0.717) is 17.8 Å². The maximum atomic E-state index is 12.6. The fourth-order valence-corrected chi connectivity index (χ4v) is 5.72. The number of hydrogen-bond acceptors (Lipinski definition) is 5. The molecule has 1 N–H and O–H groups in total. The molecule has 1 saturated heterocycles. The van der Waals surface area contributed by atoms with Gasteiger partial charge in [0.25, 0.3) is 5.56 Å². The number of ether oxygens (including phenoxy) is 1. The first-order chi connectivity index (χ1) is 16.5. The van der Waals surface area contributed by atoms with Gasteiger partial charge in [-0.2, -0.15) is 5.10 Å². The van der Waals surface area contributed by atoms with Crippen LogP contribution in [0.25, 0.3) is 0 Å². The Kier molecular flexibility index (Phi) is 10.5. The van der Waals surface area contributed by atoms with Gasteiger partial charge in [0.15, 0.2) is 0 Å². The van der Waals surface area contributed by atoms with E-state index < -0.39 is 0 Å². The summed E-state index contributed by atoms with van der Waals surface area (Å²) in [6.07, 6.45) is 17.7. The lowest BCUT2D eigenvalue weighted by molar-refractivity contribution is 0.0968. The number of rotatable bonds is 5. The van der Waals surface area contributed by atoms with Crippen molar-refractivity contribution in [2.75, 3.05) is 25.6 Å². The van der Waals surface area contributed by atoms with Crippen LogP contribution in [0.5, 0.6) is 0 Å². The van der Waals surface area contributed by atoms with Crippen LogP contribution in [0.2, 0.25) is 5.02 Å². The van der Waals surface area contributed by atoms with E-state index in [1.807, 2.05) is 0 Å². The molecule has 2 fully saturated rings. The Morgan fingerprint density at radius 1 is 1.15 bits per heavy atom. The van der Waals surface area contributed by atoms with Crippen LogP contribution in [0.1, 0.15) is 91.0 Å². The predicted octanol–water partition coefficient (Wildman–Crippen LogP) is 6.33. The minimum Gasteiger partial charge on any atom is -0.385 e. The predicted molar refractivity (Wildman–Crippen MR) is 142 cm³/mol. The Hall–Kier alpha value is -1.79. The minimum atomic E-state index is -0.189. The molecule has 34 heavy (non-hydrogen) atoms. The number of aromatic nitrogens is 2. The van der Waals surface area contributed by atoms with Gasteiger partial charge in [0.1, 0.15) is 5.02 Å². The summed E-state index contributed by atoms with van der Waals surface area (Å²) in [6.45, 7) is 8.72. The molecule has 6 nitrogen and oxygen atoms in total. The summed E-state index contributed by atoms with van der Waals surface area (Å²) in [5, 5.41) is 7.53. The highest BCUT2D eigenvalue weighted by molar-refractivity contribution is 6.32. The summed E-state index contributed by atoms with van der Waals surface area (Å²) in [4.78, 5) is 15.3. The Morgan fingerprint density at radius 2 is 1.82 bits per heavy atom. The van der Waals surface area contributed by atoms with Gasteiger partial charge in [0.05, 0.1) is 17.9 Å². The van der Waals surface area contributed by atoms with E-state index in [1.165, 1.54) is 37.8 Å². The van der Waals surface area contributed by atoms with Crippen molar-refractivity contribution in [3.05, 3.63) is 45.0 Å². The summed E-state index contributed by atoms with van der Waals surface area (Å²) in [5.74, 6) is 0. The molecule has 1 atom stereocenters. The summed E-state index contributed by atoms with van der Waals surface area (Å²) < 4.78 is 6.67. The van der Waals surface area contributed by atoms with Crippen LogP contribution in [-0.2, 0) is 4.74 Å². The Balaban J connectivity index is 0.000000469. The summed E-state index contributed by atoms with van der Waals surface area (Å²) in [6, 6.07) is 1.22. The smallest absolute Gasteiger partial charge is 0.287 e. The monoisotopic (exact) mass is 490 g/mol. The second-order valence-electron chi connectivity index (χ2n) is 9.64. The van der Waals surface area contributed by atoms with E-state index >= 15 is 0 Å². The van der Waals surface area contributed by atoms with Crippen molar-refractivity contribution in [3.8, 4) is 0 Å². The van der Waals surface area contributed by atoms with Crippen LogP contribution in [0, 0.1) is 0 Å². The normalized spacial score (nSPS) is 25.8. The minimum absolute atomic E-state index is 0.132. The molecule has 0 radical (unpaired) electrons. The number of hydrogen-bond donors (Lipinski definition) is 1. The van der Waals surface area contributed by atoms with Crippen molar-refractivity contribution in [1.29, 1.82) is 0 Å². The number of allylic oxidation sites excluding steroid dienone is 3. The maximum absolute atomic E-state index is 12.6. The zero-order chi connectivity index (χ0) is 24.5. The largest absolute Gasteiger partial charge is 0.385 e. The van der Waals surface area contributed by atoms with Gasteiger partial charge in [-0.3, -0.25) is 4.79 Å². The third-order valence-corrected chi connectivity index (χ3v) is 7.79. The average Bonchev–Trinajstić information content (AvgIpc) is 2.88. The highest BCUT2D eigenvalue weighted by atomic mass is 35.5. The Bertz CT molecular complexity index is 887. The standard InChI is InChI=1S/C22H33ClN4O.C5H10O/c1-5-7-20-16(6-2)9-8-15(3)26(20)17-10-12-18(13-11-17)27-22(28)21(23)19(24-4)14-25-27;1-2-4-6-5-3-1/h5,7,14-15,17-18,24H,6,8-13H2,1-4H3;1-5H2/b7-5-;. The van der Waals surface area contributed by atoms with E-state index in [-0.39, 0.29) is 16.6 Å². The van der Waals surface area contributed by atoms with Gasteiger partial charge in [0, 0.05) is 38.0 Å². The SMILES string of the molecule is C/C=C\C1=C(CC)CCC(C)N1C1CCC(n2ncc(NC)c(Cl)c2=O)CC1.C1CCOCC1. The molecule has 4 rings (SSSR count). The zero-order valence-corrected chi connectivity index (χ0v) is 22.2. The molecule has 3 heterocycles. The molecule has 1 saturated carbocycles. The molecule has 7 heteroatoms. The molecule has 0 bridgehead atoms. The van der Waals surface area contributed by atoms with Crippen molar-refractivity contribution >= 4 is 17.3 Å². The first kappa shape index (κ1) is 26.8. The number of anilines is 1. The zero-order valence-electron chi connectivity index (χ0n) is 21.5. The third kappa shape index (κ3) is 6.45. The van der Waals surface area contributed by atoms with Crippen LogP contribution >= 0.6 is 11.6 Å². The van der Waals surface area contributed by atoms with E-state index in [4.69, 9.17) is 16.3 Å². The van der Waals surface area contributed by atoms with E-state index in [1.54, 1.807) is 23.5 Å². The molecule has 0 spiro atoms. The van der Waals surface area contributed by atoms with E-state index in [0.717, 1.165) is 45.3 Å². The summed E-state index contributed by atoms with van der Waals surface area (Å²) in [7, 11) is 1.75. The van der Waals surface area contributed by atoms with Crippen molar-refractivity contribution < 1.29 is 4.74 Å².